The summed E-state index contributed by atoms with van der Waals surface area (Å²) in [6.07, 6.45) is 7.88. The van der Waals surface area contributed by atoms with Crippen LogP contribution >= 0.6 is 0 Å². The van der Waals surface area contributed by atoms with Crippen LogP contribution in [0.15, 0.2) is 36.8 Å². The van der Waals surface area contributed by atoms with Gasteiger partial charge < -0.3 is 10.1 Å². The monoisotopic (exact) mass is 450 g/mol. The number of hydrogen-bond donors (Lipinski definition) is 2. The first kappa shape index (κ1) is 22.7. The minimum atomic E-state index is -0.528. The number of aryl methyl sites for hydroxylation is 1. The van der Waals surface area contributed by atoms with E-state index in [4.69, 9.17) is 4.74 Å². The second kappa shape index (κ2) is 9.17. The number of rotatable bonds is 4. The summed E-state index contributed by atoms with van der Waals surface area (Å²) in [7, 11) is 1.88. The summed E-state index contributed by atoms with van der Waals surface area (Å²) in [6.45, 7) is 5.51. The molecule has 1 aliphatic rings. The maximum absolute atomic E-state index is 12.8. The number of nitrogens with one attached hydrogen (secondary N) is 2. The first-order chi connectivity index (χ1) is 15.7. The topological polar surface area (TPSA) is 111 Å². The minimum Gasteiger partial charge on any atom is -0.444 e. The highest BCUT2D eigenvalue weighted by Crippen LogP contribution is 2.27. The van der Waals surface area contributed by atoms with Crippen molar-refractivity contribution in [3.05, 3.63) is 36.8 Å². The second-order valence-corrected chi connectivity index (χ2v) is 9.55. The smallest absolute Gasteiger partial charge is 0.407 e. The van der Waals surface area contributed by atoms with Crippen LogP contribution in [0.3, 0.4) is 0 Å². The highest BCUT2D eigenvalue weighted by atomic mass is 16.6. The molecule has 174 valence electrons. The van der Waals surface area contributed by atoms with Crippen molar-refractivity contribution in [1.29, 1.82) is 0 Å². The first-order valence-corrected chi connectivity index (χ1v) is 11.2. The molecule has 1 aliphatic carbocycles. The van der Waals surface area contributed by atoms with Crippen molar-refractivity contribution in [3.8, 4) is 11.1 Å². The Morgan fingerprint density at radius 1 is 1.09 bits per heavy atom. The van der Waals surface area contributed by atoms with E-state index >= 15 is 0 Å². The Kier molecular flexibility index (Phi) is 6.31. The van der Waals surface area contributed by atoms with Crippen molar-refractivity contribution in [1.82, 2.24) is 25.1 Å². The number of fused-ring (bicyclic) bond motifs is 1. The predicted octanol–water partition coefficient (Wildman–Crippen LogP) is 4.05. The van der Waals surface area contributed by atoms with Gasteiger partial charge in [-0.1, -0.05) is 12.1 Å². The molecule has 0 unspecified atom stereocenters. The second-order valence-electron chi connectivity index (χ2n) is 9.55. The van der Waals surface area contributed by atoms with Crippen LogP contribution in [-0.2, 0) is 16.6 Å². The maximum atomic E-state index is 12.8. The van der Waals surface area contributed by atoms with Crippen LogP contribution in [0.2, 0.25) is 0 Å². The van der Waals surface area contributed by atoms with E-state index in [1.807, 2.05) is 52.2 Å². The van der Waals surface area contributed by atoms with Gasteiger partial charge >= 0.3 is 6.09 Å². The van der Waals surface area contributed by atoms with E-state index in [0.717, 1.165) is 34.9 Å². The molecule has 9 heteroatoms. The lowest BCUT2D eigenvalue weighted by Gasteiger charge is -2.29. The Bertz CT molecular complexity index is 1160. The van der Waals surface area contributed by atoms with Gasteiger partial charge in [-0.3, -0.25) is 14.8 Å². The van der Waals surface area contributed by atoms with E-state index in [2.05, 4.69) is 25.7 Å². The van der Waals surface area contributed by atoms with Crippen molar-refractivity contribution in [2.24, 2.45) is 13.0 Å². The van der Waals surface area contributed by atoms with Gasteiger partial charge in [-0.25, -0.2) is 14.8 Å². The molecule has 33 heavy (non-hydrogen) atoms. The molecule has 0 spiro atoms. The average Bonchev–Trinajstić information content (AvgIpc) is 3.18. The van der Waals surface area contributed by atoms with Crippen molar-refractivity contribution in [2.45, 2.75) is 58.1 Å². The Labute approximate surface area is 192 Å². The van der Waals surface area contributed by atoms with Gasteiger partial charge in [0.05, 0.1) is 11.7 Å². The molecule has 1 saturated carbocycles. The molecule has 0 saturated heterocycles. The number of carbonyl (C=O) groups is 2. The van der Waals surface area contributed by atoms with Gasteiger partial charge in [-0.05, 0) is 58.1 Å². The third-order valence-electron chi connectivity index (χ3n) is 5.67. The third-order valence-corrected chi connectivity index (χ3v) is 5.67. The summed E-state index contributed by atoms with van der Waals surface area (Å²) < 4.78 is 7.07. The normalized spacial score (nSPS) is 18.7. The quantitative estimate of drug-likeness (QED) is 0.620. The summed E-state index contributed by atoms with van der Waals surface area (Å²) in [6, 6.07) is 5.95. The van der Waals surface area contributed by atoms with E-state index in [1.165, 1.54) is 0 Å². The molecule has 1 aromatic carbocycles. The van der Waals surface area contributed by atoms with Crippen LogP contribution in [0.25, 0.3) is 22.0 Å². The fourth-order valence-electron chi connectivity index (χ4n) is 4.02. The lowest BCUT2D eigenvalue weighted by molar-refractivity contribution is -0.120. The third kappa shape index (κ3) is 5.85. The first-order valence-electron chi connectivity index (χ1n) is 11.2. The van der Waals surface area contributed by atoms with E-state index < -0.39 is 11.7 Å². The van der Waals surface area contributed by atoms with Crippen molar-refractivity contribution in [3.63, 3.8) is 0 Å². The molecule has 1 fully saturated rings. The predicted molar refractivity (Wildman–Crippen MR) is 125 cm³/mol. The van der Waals surface area contributed by atoms with Gasteiger partial charge in [-0.15, -0.1) is 0 Å². The lowest BCUT2D eigenvalue weighted by atomic mass is 9.85. The summed E-state index contributed by atoms with van der Waals surface area (Å²) in [5.74, 6) is 0.0704. The molecule has 0 atom stereocenters. The summed E-state index contributed by atoms with van der Waals surface area (Å²) in [4.78, 5) is 33.6. The molecular formula is C24H30N6O3. The number of benzene rings is 1. The number of ether oxygens (including phenoxy) is 1. The van der Waals surface area contributed by atoms with Crippen LogP contribution in [-0.4, -0.2) is 43.4 Å². The van der Waals surface area contributed by atoms with E-state index in [-0.39, 0.29) is 17.9 Å². The molecule has 0 radical (unpaired) electrons. The molecule has 4 rings (SSSR count). The lowest BCUT2D eigenvalue weighted by Crippen LogP contribution is -2.42. The fraction of sp³-hybridized carbons (Fsp3) is 0.458. The van der Waals surface area contributed by atoms with Crippen LogP contribution in [0, 0.1) is 5.92 Å². The molecule has 0 bridgehead atoms. The van der Waals surface area contributed by atoms with Gasteiger partial charge in [0.2, 0.25) is 11.9 Å². The zero-order valence-electron chi connectivity index (χ0n) is 19.5. The Morgan fingerprint density at radius 3 is 2.52 bits per heavy atom. The van der Waals surface area contributed by atoms with Gasteiger partial charge in [0.15, 0.2) is 0 Å². The van der Waals surface area contributed by atoms with Gasteiger partial charge in [0.25, 0.3) is 0 Å². The standard InChI is InChI=1S/C24H30N6O3/c1-24(2,3)33-23(32)27-19-9-7-15(8-10-19)21(31)29-22-25-12-17-6-5-16(11-20(17)28-22)18-13-26-30(4)14-18/h5-6,11-15,19H,7-10H2,1-4H3,(H,27,32)(H,25,28,29,31)/t15-,19-. The fourth-order valence-corrected chi connectivity index (χ4v) is 4.02. The molecular weight excluding hydrogens is 420 g/mol. The maximum Gasteiger partial charge on any atom is 0.407 e. The molecule has 3 aromatic rings. The van der Waals surface area contributed by atoms with Crippen LogP contribution < -0.4 is 10.6 Å². The van der Waals surface area contributed by atoms with Gasteiger partial charge in [0.1, 0.15) is 5.60 Å². The summed E-state index contributed by atoms with van der Waals surface area (Å²) >= 11 is 0. The number of anilines is 1. The number of carbonyl (C=O) groups excluding carboxylic acids is 2. The van der Waals surface area contributed by atoms with Gasteiger partial charge in [-0.2, -0.15) is 5.10 Å². The number of nitrogens with zero attached hydrogens (tertiary/aromatic N) is 4. The average molecular weight is 451 g/mol. The Hall–Kier alpha value is -3.49. The van der Waals surface area contributed by atoms with E-state index in [0.29, 0.717) is 18.8 Å². The van der Waals surface area contributed by atoms with E-state index in [1.54, 1.807) is 17.1 Å². The highest BCUT2D eigenvalue weighted by Gasteiger charge is 2.28. The molecule has 2 amide bonds. The van der Waals surface area contributed by atoms with Crippen LogP contribution in [0.1, 0.15) is 46.5 Å². The zero-order valence-corrected chi connectivity index (χ0v) is 19.5. The number of hydrogen-bond acceptors (Lipinski definition) is 6. The Balaban J connectivity index is 1.35. The molecule has 2 N–H and O–H groups in total. The summed E-state index contributed by atoms with van der Waals surface area (Å²) in [5.41, 5.74) is 2.23. The number of amides is 2. The molecule has 0 aliphatic heterocycles. The SMILES string of the molecule is Cn1cc(-c2ccc3cnc(NC(=O)[C@H]4CC[C@H](NC(=O)OC(C)(C)C)CC4)nc3c2)cn1. The van der Waals surface area contributed by atoms with Gasteiger partial charge in [0, 0.05) is 42.4 Å². The van der Waals surface area contributed by atoms with E-state index in [9.17, 15) is 9.59 Å². The summed E-state index contributed by atoms with van der Waals surface area (Å²) in [5, 5.41) is 10.9. The highest BCUT2D eigenvalue weighted by molar-refractivity contribution is 5.92. The molecule has 9 nitrogen and oxygen atoms in total. The minimum absolute atomic E-state index is 0.0201. The zero-order chi connectivity index (χ0) is 23.6. The number of aromatic nitrogens is 4. The molecule has 2 aromatic heterocycles. The largest absolute Gasteiger partial charge is 0.444 e. The van der Waals surface area contributed by atoms with Crippen molar-refractivity contribution >= 4 is 28.9 Å². The molecule has 2 heterocycles. The van der Waals surface area contributed by atoms with Crippen LogP contribution in [0.5, 0.6) is 0 Å². The van der Waals surface area contributed by atoms with Crippen molar-refractivity contribution in [2.75, 3.05) is 5.32 Å². The van der Waals surface area contributed by atoms with Crippen molar-refractivity contribution < 1.29 is 14.3 Å². The van der Waals surface area contributed by atoms with Crippen LogP contribution in [0.4, 0.5) is 10.7 Å². The number of alkyl carbamates (subject to hydrolysis) is 1. The Morgan fingerprint density at radius 2 is 1.85 bits per heavy atom.